The molecule has 0 aliphatic rings. The summed E-state index contributed by atoms with van der Waals surface area (Å²) in [5, 5.41) is 10.1. The van der Waals surface area contributed by atoms with Gasteiger partial charge in [-0.3, -0.25) is 9.52 Å². The lowest BCUT2D eigenvalue weighted by atomic mass is 9.96. The van der Waals surface area contributed by atoms with Gasteiger partial charge >= 0.3 is 0 Å². The maximum atomic E-state index is 12.4. The van der Waals surface area contributed by atoms with Crippen molar-refractivity contribution in [1.29, 1.82) is 0 Å². The molecule has 0 unspecified atom stereocenters. The number of anilines is 2. The van der Waals surface area contributed by atoms with Crippen LogP contribution in [0.2, 0.25) is 0 Å². The first-order valence-corrected chi connectivity index (χ1v) is 9.54. The molecule has 130 valence electrons. The lowest BCUT2D eigenvalue weighted by molar-refractivity contribution is -0.123. The summed E-state index contributed by atoms with van der Waals surface area (Å²) in [5.74, 6) is -0.259. The Morgan fingerprint density at radius 1 is 1.17 bits per heavy atom. The van der Waals surface area contributed by atoms with E-state index >= 15 is 0 Å². The van der Waals surface area contributed by atoms with Crippen molar-refractivity contribution in [2.75, 3.05) is 10.0 Å². The number of carbonyl (C=O) groups is 1. The summed E-state index contributed by atoms with van der Waals surface area (Å²) in [5.41, 5.74) is 1.70. The van der Waals surface area contributed by atoms with E-state index in [2.05, 4.69) is 20.2 Å². The molecular weight excluding hydrogens is 348 g/mol. The van der Waals surface area contributed by atoms with Gasteiger partial charge < -0.3 is 5.32 Å². The molecule has 1 aromatic carbocycles. The van der Waals surface area contributed by atoms with Crippen molar-refractivity contribution in [2.24, 2.45) is 5.41 Å². The number of carbonyl (C=O) groups excluding carboxylic acids is 1. The van der Waals surface area contributed by atoms with Crippen molar-refractivity contribution in [3.05, 3.63) is 29.3 Å². The molecule has 1 amide bonds. The topological polar surface area (TPSA) is 101 Å². The first-order chi connectivity index (χ1) is 11.0. The van der Waals surface area contributed by atoms with Gasteiger partial charge in [-0.1, -0.05) is 44.2 Å². The summed E-state index contributed by atoms with van der Waals surface area (Å²) >= 11 is 0.809. The molecule has 2 aromatic rings. The highest BCUT2D eigenvalue weighted by molar-refractivity contribution is 7.94. The van der Waals surface area contributed by atoms with Gasteiger partial charge in [0.2, 0.25) is 11.0 Å². The van der Waals surface area contributed by atoms with Crippen LogP contribution in [0.1, 0.15) is 31.9 Å². The van der Waals surface area contributed by atoms with Gasteiger partial charge in [-0.25, -0.2) is 0 Å². The first kappa shape index (κ1) is 18.3. The second-order valence-corrected chi connectivity index (χ2v) is 9.26. The van der Waals surface area contributed by atoms with Crippen LogP contribution in [0.25, 0.3) is 0 Å². The minimum absolute atomic E-state index is 0.149. The van der Waals surface area contributed by atoms with Crippen LogP contribution in [-0.4, -0.2) is 24.5 Å². The lowest BCUT2D eigenvalue weighted by Gasteiger charge is -2.15. The Bertz CT molecular complexity index is 867. The summed E-state index contributed by atoms with van der Waals surface area (Å²) in [6.07, 6.45) is 0. The number of amides is 1. The normalized spacial score (nSPS) is 12.0. The van der Waals surface area contributed by atoms with Crippen LogP contribution in [0.4, 0.5) is 10.8 Å². The predicted molar refractivity (Wildman–Crippen MR) is 94.7 cm³/mol. The van der Waals surface area contributed by atoms with Crippen LogP contribution in [-0.2, 0) is 14.8 Å². The molecule has 7 nitrogen and oxygen atoms in total. The quantitative estimate of drug-likeness (QED) is 0.808. The number of aromatic nitrogens is 2. The number of hydrogen-bond acceptors (Lipinski definition) is 6. The van der Waals surface area contributed by atoms with Gasteiger partial charge in [0.05, 0.1) is 5.69 Å². The fourth-order valence-electron chi connectivity index (χ4n) is 1.70. The Hall–Kier alpha value is -2.00. The Balaban J connectivity index is 2.22. The molecule has 0 spiro atoms. The van der Waals surface area contributed by atoms with E-state index in [9.17, 15) is 13.2 Å². The number of sulfonamides is 1. The first-order valence-electron chi connectivity index (χ1n) is 7.25. The second-order valence-electron chi connectivity index (χ2n) is 6.43. The van der Waals surface area contributed by atoms with Gasteiger partial charge in [0.1, 0.15) is 0 Å². The van der Waals surface area contributed by atoms with Crippen LogP contribution >= 0.6 is 11.3 Å². The molecule has 1 aromatic heterocycles. The molecule has 24 heavy (non-hydrogen) atoms. The van der Waals surface area contributed by atoms with Crippen molar-refractivity contribution < 1.29 is 13.2 Å². The molecule has 2 rings (SSSR count). The van der Waals surface area contributed by atoms with Gasteiger partial charge in [-0.2, -0.15) is 8.42 Å². The molecule has 0 fully saturated rings. The molecule has 1 heterocycles. The number of nitrogens with zero attached hydrogens (tertiary/aromatic N) is 2. The van der Waals surface area contributed by atoms with Crippen molar-refractivity contribution in [1.82, 2.24) is 10.2 Å². The van der Waals surface area contributed by atoms with Gasteiger partial charge in [0, 0.05) is 5.41 Å². The smallest absolute Gasteiger partial charge is 0.291 e. The highest BCUT2D eigenvalue weighted by Crippen LogP contribution is 2.26. The average Bonchev–Trinajstić information content (AvgIpc) is 2.92. The number of nitrogens with one attached hydrogen (secondary N) is 2. The van der Waals surface area contributed by atoms with Crippen molar-refractivity contribution >= 4 is 38.1 Å². The van der Waals surface area contributed by atoms with E-state index in [0.717, 1.165) is 22.5 Å². The molecule has 0 radical (unpaired) electrons. The summed E-state index contributed by atoms with van der Waals surface area (Å²) < 4.78 is 27.2. The average molecular weight is 368 g/mol. The van der Waals surface area contributed by atoms with Crippen LogP contribution < -0.4 is 10.0 Å². The van der Waals surface area contributed by atoms with E-state index in [1.165, 1.54) is 0 Å². The van der Waals surface area contributed by atoms with Crippen LogP contribution in [0.15, 0.2) is 22.5 Å². The zero-order valence-electron chi connectivity index (χ0n) is 14.2. The van der Waals surface area contributed by atoms with Crippen molar-refractivity contribution in [3.8, 4) is 0 Å². The maximum absolute atomic E-state index is 12.4. The molecule has 0 aliphatic heterocycles. The Morgan fingerprint density at radius 2 is 1.83 bits per heavy atom. The molecule has 0 atom stereocenters. The molecule has 0 aliphatic carbocycles. The second kappa shape index (κ2) is 6.48. The molecular formula is C15H20N4O3S2. The minimum Gasteiger partial charge on any atom is -0.300 e. The SMILES string of the molecule is Cc1cccc(NS(=O)(=O)c2nnc(NC(=O)C(C)(C)C)s2)c1C. The number of hydrogen-bond donors (Lipinski definition) is 2. The summed E-state index contributed by atoms with van der Waals surface area (Å²) in [7, 11) is -3.86. The van der Waals surface area contributed by atoms with Crippen LogP contribution in [0.5, 0.6) is 0 Å². The van der Waals surface area contributed by atoms with E-state index in [0.29, 0.717) is 5.69 Å². The number of rotatable bonds is 4. The minimum atomic E-state index is -3.86. The van der Waals surface area contributed by atoms with Gasteiger partial charge in [-0.15, -0.1) is 10.2 Å². The number of aryl methyl sites for hydroxylation is 1. The highest BCUT2D eigenvalue weighted by atomic mass is 32.2. The van der Waals surface area contributed by atoms with Gasteiger partial charge in [0.15, 0.2) is 0 Å². The van der Waals surface area contributed by atoms with Gasteiger partial charge in [-0.05, 0) is 31.0 Å². The monoisotopic (exact) mass is 368 g/mol. The summed E-state index contributed by atoms with van der Waals surface area (Å²) in [4.78, 5) is 11.9. The van der Waals surface area contributed by atoms with Crippen LogP contribution in [0.3, 0.4) is 0 Å². The Kier molecular flexibility index (Phi) is 4.95. The third kappa shape index (κ3) is 4.09. The zero-order chi connectivity index (χ0) is 18.1. The molecule has 2 N–H and O–H groups in total. The van der Waals surface area contributed by atoms with E-state index in [-0.39, 0.29) is 15.4 Å². The van der Waals surface area contributed by atoms with Crippen LogP contribution in [0, 0.1) is 19.3 Å². The number of benzene rings is 1. The molecule has 0 bridgehead atoms. The van der Waals surface area contributed by atoms with E-state index in [4.69, 9.17) is 0 Å². The standard InChI is InChI=1S/C15H20N4O3S2/c1-9-7-6-8-11(10(9)2)19-24(21,22)14-18-17-13(23-14)16-12(20)15(3,4)5/h6-8,19H,1-5H3,(H,16,17,20). The van der Waals surface area contributed by atoms with Crippen molar-refractivity contribution in [3.63, 3.8) is 0 Å². The Labute approximate surface area is 145 Å². The third-order valence-corrected chi connectivity index (χ3v) is 5.96. The third-order valence-electron chi connectivity index (χ3n) is 3.39. The largest absolute Gasteiger partial charge is 0.300 e. The molecule has 0 saturated heterocycles. The molecule has 9 heteroatoms. The maximum Gasteiger partial charge on any atom is 0.291 e. The fourth-order valence-corrected chi connectivity index (χ4v) is 3.72. The van der Waals surface area contributed by atoms with E-state index in [1.807, 2.05) is 19.9 Å². The van der Waals surface area contributed by atoms with Gasteiger partial charge in [0.25, 0.3) is 14.4 Å². The summed E-state index contributed by atoms with van der Waals surface area (Å²) in [6, 6.07) is 5.36. The predicted octanol–water partition coefficient (Wildman–Crippen LogP) is 2.94. The van der Waals surface area contributed by atoms with Crippen molar-refractivity contribution in [2.45, 2.75) is 39.0 Å². The lowest BCUT2D eigenvalue weighted by Crippen LogP contribution is -2.27. The highest BCUT2D eigenvalue weighted by Gasteiger charge is 2.25. The zero-order valence-corrected chi connectivity index (χ0v) is 15.8. The summed E-state index contributed by atoms with van der Waals surface area (Å²) in [6.45, 7) is 9.00. The molecule has 0 saturated carbocycles. The fraction of sp³-hybridized carbons (Fsp3) is 0.400. The Morgan fingerprint density at radius 3 is 2.46 bits per heavy atom. The van der Waals surface area contributed by atoms with E-state index < -0.39 is 15.4 Å². The van der Waals surface area contributed by atoms with E-state index in [1.54, 1.807) is 32.9 Å².